The normalized spacial score (nSPS) is 40.4. The van der Waals surface area contributed by atoms with Crippen LogP contribution in [-0.2, 0) is 4.79 Å². The van der Waals surface area contributed by atoms with Gasteiger partial charge in [0.05, 0.1) is 6.10 Å². The van der Waals surface area contributed by atoms with Gasteiger partial charge in [-0.15, -0.1) is 0 Å². The van der Waals surface area contributed by atoms with Gasteiger partial charge in [0, 0.05) is 18.6 Å². The van der Waals surface area contributed by atoms with Crippen molar-refractivity contribution in [3.63, 3.8) is 0 Å². The van der Waals surface area contributed by atoms with Crippen LogP contribution < -0.4 is 0 Å². The maximum absolute atomic E-state index is 10.5. The summed E-state index contributed by atoms with van der Waals surface area (Å²) < 4.78 is 0. The molecular formula is C7H11NO5. The minimum absolute atomic E-state index is 0.358. The van der Waals surface area contributed by atoms with Crippen LogP contribution in [0.5, 0.6) is 0 Å². The second kappa shape index (κ2) is 3.06. The number of hydrogen-bond donors (Lipinski definition) is 5. The standard InChI is InChI=1S/C7H11NO5/c8-3-1-7(13,6(11)12)2-4(9)5(3)10/h4-5,8-10,13H,1-2H2,(H,11,12). The van der Waals surface area contributed by atoms with E-state index in [-0.39, 0.29) is 5.71 Å². The average molecular weight is 189 g/mol. The maximum Gasteiger partial charge on any atom is 0.336 e. The minimum atomic E-state index is -2.12. The van der Waals surface area contributed by atoms with Crippen LogP contribution in [0.4, 0.5) is 0 Å². The predicted octanol–water partition coefficient (Wildman–Crippen LogP) is -1.66. The van der Waals surface area contributed by atoms with E-state index in [9.17, 15) is 9.90 Å². The van der Waals surface area contributed by atoms with Crippen LogP contribution in [-0.4, -0.2) is 49.9 Å². The highest BCUT2D eigenvalue weighted by atomic mass is 16.4. The first-order valence-electron chi connectivity index (χ1n) is 3.76. The zero-order chi connectivity index (χ0) is 10.2. The molecule has 3 unspecified atom stereocenters. The van der Waals surface area contributed by atoms with E-state index in [1.807, 2.05) is 0 Å². The molecule has 1 aliphatic rings. The fraction of sp³-hybridized carbons (Fsp3) is 0.714. The fourth-order valence-electron chi connectivity index (χ4n) is 1.34. The van der Waals surface area contributed by atoms with Crippen molar-refractivity contribution in [2.45, 2.75) is 30.7 Å². The van der Waals surface area contributed by atoms with Crippen molar-refractivity contribution in [2.75, 3.05) is 0 Å². The Kier molecular flexibility index (Phi) is 2.38. The molecule has 5 N–H and O–H groups in total. The maximum atomic E-state index is 10.5. The molecule has 0 bridgehead atoms. The fourth-order valence-corrected chi connectivity index (χ4v) is 1.34. The van der Waals surface area contributed by atoms with Crippen molar-refractivity contribution < 1.29 is 25.2 Å². The smallest absolute Gasteiger partial charge is 0.336 e. The summed E-state index contributed by atoms with van der Waals surface area (Å²) in [5.41, 5.74) is -2.47. The van der Waals surface area contributed by atoms with Crippen molar-refractivity contribution in [3.8, 4) is 0 Å². The third-order valence-electron chi connectivity index (χ3n) is 2.15. The third kappa shape index (κ3) is 1.69. The molecule has 0 amide bonds. The number of rotatable bonds is 1. The van der Waals surface area contributed by atoms with Crippen molar-refractivity contribution in [1.29, 1.82) is 5.41 Å². The Balaban J connectivity index is 2.85. The van der Waals surface area contributed by atoms with Crippen LogP contribution in [0.25, 0.3) is 0 Å². The molecule has 0 heterocycles. The van der Waals surface area contributed by atoms with Gasteiger partial charge in [-0.1, -0.05) is 0 Å². The molecule has 6 nitrogen and oxygen atoms in total. The van der Waals surface area contributed by atoms with Crippen molar-refractivity contribution in [2.24, 2.45) is 0 Å². The number of hydrogen-bond acceptors (Lipinski definition) is 5. The Bertz CT molecular complexity index is 253. The molecule has 0 aromatic carbocycles. The van der Waals surface area contributed by atoms with Gasteiger partial charge in [0.25, 0.3) is 0 Å². The molecule has 3 atom stereocenters. The van der Waals surface area contributed by atoms with Crippen LogP contribution in [0.3, 0.4) is 0 Å². The SMILES string of the molecule is N=C1CC(O)(C(=O)O)CC(O)C1O. The number of aliphatic carboxylic acids is 1. The van der Waals surface area contributed by atoms with Gasteiger partial charge >= 0.3 is 5.97 Å². The molecule has 0 aromatic heterocycles. The molecule has 74 valence electrons. The summed E-state index contributed by atoms with van der Waals surface area (Å²) in [5, 5.41) is 43.3. The number of aliphatic hydroxyl groups excluding tert-OH is 2. The minimum Gasteiger partial charge on any atom is -0.479 e. The summed E-state index contributed by atoms with van der Waals surface area (Å²) in [5.74, 6) is -1.48. The largest absolute Gasteiger partial charge is 0.479 e. The molecule has 0 radical (unpaired) electrons. The molecule has 1 aliphatic carbocycles. The van der Waals surface area contributed by atoms with Gasteiger partial charge in [0.2, 0.25) is 0 Å². The third-order valence-corrected chi connectivity index (χ3v) is 2.15. The first kappa shape index (κ1) is 10.1. The highest BCUT2D eigenvalue weighted by Gasteiger charge is 2.46. The lowest BCUT2D eigenvalue weighted by Crippen LogP contribution is -2.54. The van der Waals surface area contributed by atoms with Gasteiger partial charge in [-0.2, -0.15) is 0 Å². The summed E-state index contributed by atoms with van der Waals surface area (Å²) in [4.78, 5) is 10.5. The molecule has 1 fully saturated rings. The van der Waals surface area contributed by atoms with Gasteiger partial charge in [0.15, 0.2) is 5.60 Å². The number of nitrogens with one attached hydrogen (secondary N) is 1. The topological polar surface area (TPSA) is 122 Å². The van der Waals surface area contributed by atoms with E-state index >= 15 is 0 Å². The van der Waals surface area contributed by atoms with E-state index in [2.05, 4.69) is 0 Å². The molecule has 13 heavy (non-hydrogen) atoms. The van der Waals surface area contributed by atoms with E-state index in [1.165, 1.54) is 0 Å². The Morgan fingerprint density at radius 3 is 2.46 bits per heavy atom. The quantitative estimate of drug-likeness (QED) is 0.338. The van der Waals surface area contributed by atoms with Crippen molar-refractivity contribution in [3.05, 3.63) is 0 Å². The van der Waals surface area contributed by atoms with E-state index in [0.29, 0.717) is 0 Å². The van der Waals surface area contributed by atoms with Crippen LogP contribution >= 0.6 is 0 Å². The van der Waals surface area contributed by atoms with Crippen LogP contribution in [0, 0.1) is 5.41 Å². The van der Waals surface area contributed by atoms with Crippen molar-refractivity contribution in [1.82, 2.24) is 0 Å². The predicted molar refractivity (Wildman–Crippen MR) is 41.6 cm³/mol. The Hall–Kier alpha value is -0.980. The molecule has 1 saturated carbocycles. The summed E-state index contributed by atoms with van der Waals surface area (Å²) in [6.07, 6.45) is -3.64. The van der Waals surface area contributed by atoms with Crippen LogP contribution in [0.15, 0.2) is 0 Å². The average Bonchev–Trinajstić information content (AvgIpc) is 2.00. The molecule has 0 saturated heterocycles. The lowest BCUT2D eigenvalue weighted by molar-refractivity contribution is -0.164. The van der Waals surface area contributed by atoms with E-state index in [1.54, 1.807) is 0 Å². The van der Waals surface area contributed by atoms with Gasteiger partial charge in [0.1, 0.15) is 6.10 Å². The molecule has 0 spiro atoms. The highest BCUT2D eigenvalue weighted by Crippen LogP contribution is 2.26. The number of carboxylic acids is 1. The molecule has 6 heteroatoms. The van der Waals surface area contributed by atoms with Crippen LogP contribution in [0.2, 0.25) is 0 Å². The zero-order valence-corrected chi connectivity index (χ0v) is 6.77. The van der Waals surface area contributed by atoms with Gasteiger partial charge in [-0.05, 0) is 0 Å². The number of carboxylic acid groups (broad SMARTS) is 1. The molecular weight excluding hydrogens is 178 g/mol. The second-order valence-electron chi connectivity index (χ2n) is 3.26. The van der Waals surface area contributed by atoms with Gasteiger partial charge in [-0.25, -0.2) is 4.79 Å². The van der Waals surface area contributed by atoms with E-state index in [4.69, 9.17) is 20.7 Å². The highest BCUT2D eigenvalue weighted by molar-refractivity contribution is 5.94. The van der Waals surface area contributed by atoms with Gasteiger partial charge in [-0.3, -0.25) is 0 Å². The molecule has 0 aliphatic heterocycles. The number of carbonyl (C=O) groups is 1. The summed E-state index contributed by atoms with van der Waals surface area (Å²) in [6, 6.07) is 0. The first-order chi connectivity index (χ1) is 5.87. The van der Waals surface area contributed by atoms with E-state index in [0.717, 1.165) is 0 Å². The summed E-state index contributed by atoms with van der Waals surface area (Å²) >= 11 is 0. The lowest BCUT2D eigenvalue weighted by atomic mass is 9.80. The summed E-state index contributed by atoms with van der Waals surface area (Å²) in [6.45, 7) is 0. The van der Waals surface area contributed by atoms with Crippen LogP contribution in [0.1, 0.15) is 12.8 Å². The number of aliphatic hydroxyl groups is 3. The Morgan fingerprint density at radius 2 is 2.08 bits per heavy atom. The Labute approximate surface area is 73.9 Å². The second-order valence-corrected chi connectivity index (χ2v) is 3.26. The molecule has 0 aromatic rings. The molecule has 1 rings (SSSR count). The first-order valence-corrected chi connectivity index (χ1v) is 3.76. The van der Waals surface area contributed by atoms with E-state index < -0.39 is 36.6 Å². The zero-order valence-electron chi connectivity index (χ0n) is 6.77. The lowest BCUT2D eigenvalue weighted by Gasteiger charge is -2.34. The summed E-state index contributed by atoms with van der Waals surface area (Å²) in [7, 11) is 0. The Morgan fingerprint density at radius 1 is 1.54 bits per heavy atom. The van der Waals surface area contributed by atoms with Crippen molar-refractivity contribution >= 4 is 11.7 Å². The van der Waals surface area contributed by atoms with Gasteiger partial charge < -0.3 is 25.8 Å². The monoisotopic (exact) mass is 189 g/mol.